The third-order valence-electron chi connectivity index (χ3n) is 5.64. The van der Waals surface area contributed by atoms with Crippen LogP contribution in [0.1, 0.15) is 124 Å². The Morgan fingerprint density at radius 3 is 1.77 bits per heavy atom. The Kier molecular flexibility index (Phi) is 17.2. The summed E-state index contributed by atoms with van der Waals surface area (Å²) in [6.45, 7) is 23.6. The van der Waals surface area contributed by atoms with Gasteiger partial charge in [0.15, 0.2) is 0 Å². The van der Waals surface area contributed by atoms with Crippen LogP contribution in [0, 0.1) is 11.8 Å². The number of ether oxygens (including phenoxy) is 1. The summed E-state index contributed by atoms with van der Waals surface area (Å²) in [6, 6.07) is 17.1. The fourth-order valence-corrected chi connectivity index (χ4v) is 3.77. The van der Waals surface area contributed by atoms with Crippen LogP contribution in [0.5, 0.6) is 0 Å². The van der Waals surface area contributed by atoms with Crippen molar-refractivity contribution >= 4 is 11.3 Å². The van der Waals surface area contributed by atoms with E-state index in [1.54, 1.807) is 0 Å². The molecule has 2 nitrogen and oxygen atoms in total. The first-order chi connectivity index (χ1) is 16.7. The zero-order valence-corrected chi connectivity index (χ0v) is 24.7. The molecular formula is C33H55NO. The fraction of sp³-hybridized carbons (Fsp3) is 0.576. The molecule has 2 atom stereocenters. The Balaban J connectivity index is 0.000000994. The summed E-state index contributed by atoms with van der Waals surface area (Å²) in [5, 5.41) is 0. The van der Waals surface area contributed by atoms with E-state index in [2.05, 4.69) is 111 Å². The van der Waals surface area contributed by atoms with Gasteiger partial charge in [0.2, 0.25) is 0 Å². The molecular weight excluding hydrogens is 426 g/mol. The maximum Gasteiger partial charge on any atom is 0.0874 e. The maximum absolute atomic E-state index is 6.74. The topological polar surface area (TPSA) is 35.2 Å². The second kappa shape index (κ2) is 18.2. The van der Waals surface area contributed by atoms with Gasteiger partial charge in [-0.15, -0.1) is 0 Å². The number of allylic oxidation sites excluding steroid dienone is 1. The van der Waals surface area contributed by atoms with Gasteiger partial charge in [0.25, 0.3) is 0 Å². The molecule has 0 amide bonds. The van der Waals surface area contributed by atoms with E-state index in [1.165, 1.54) is 35.1 Å². The smallest absolute Gasteiger partial charge is 0.0874 e. The number of benzene rings is 2. The van der Waals surface area contributed by atoms with E-state index in [1.807, 2.05) is 13.8 Å². The summed E-state index contributed by atoms with van der Waals surface area (Å²) < 4.78 is 6.34. The summed E-state index contributed by atoms with van der Waals surface area (Å²) >= 11 is 0. The van der Waals surface area contributed by atoms with E-state index in [0.29, 0.717) is 5.92 Å². The SMILES string of the molecule is CC.CC(C)C.CCC(C)/C1=C(\N)c2ccccc2CC(OC(C)C)c2ccccc21.CCCC. The van der Waals surface area contributed by atoms with Crippen molar-refractivity contribution in [1.82, 2.24) is 0 Å². The quantitative estimate of drug-likeness (QED) is 0.461. The number of unbranched alkanes of at least 4 members (excludes halogenated alkanes) is 1. The Morgan fingerprint density at radius 2 is 1.29 bits per heavy atom. The Labute approximate surface area is 218 Å². The molecule has 2 N–H and O–H groups in total. The fourth-order valence-electron chi connectivity index (χ4n) is 3.77. The number of hydrogen-bond donors (Lipinski definition) is 1. The van der Waals surface area contributed by atoms with Crippen LogP contribution in [0.25, 0.3) is 11.3 Å². The van der Waals surface area contributed by atoms with Gasteiger partial charge in [-0.3, -0.25) is 0 Å². The third-order valence-corrected chi connectivity index (χ3v) is 5.64. The summed E-state index contributed by atoms with van der Waals surface area (Å²) in [4.78, 5) is 0. The lowest BCUT2D eigenvalue weighted by atomic mass is 9.80. The highest BCUT2D eigenvalue weighted by Gasteiger charge is 2.27. The number of fused-ring (bicyclic) bond motifs is 2. The molecule has 1 aliphatic carbocycles. The molecule has 198 valence electrons. The van der Waals surface area contributed by atoms with Gasteiger partial charge in [0, 0.05) is 17.7 Å². The molecule has 2 heteroatoms. The van der Waals surface area contributed by atoms with Crippen molar-refractivity contribution in [1.29, 1.82) is 0 Å². The summed E-state index contributed by atoms with van der Waals surface area (Å²) in [6.07, 6.45) is 4.77. The van der Waals surface area contributed by atoms with E-state index < -0.39 is 0 Å². The highest BCUT2D eigenvalue weighted by atomic mass is 16.5. The number of nitrogens with two attached hydrogens (primary N) is 1. The van der Waals surface area contributed by atoms with Gasteiger partial charge in [-0.25, -0.2) is 0 Å². The molecule has 0 aliphatic heterocycles. The van der Waals surface area contributed by atoms with Crippen LogP contribution in [0.2, 0.25) is 0 Å². The van der Waals surface area contributed by atoms with Gasteiger partial charge >= 0.3 is 0 Å². The molecule has 1 aliphatic rings. The molecule has 2 aromatic rings. The van der Waals surface area contributed by atoms with Gasteiger partial charge in [0.1, 0.15) is 0 Å². The minimum Gasteiger partial charge on any atom is -0.398 e. The normalized spacial score (nSPS) is 17.2. The zero-order chi connectivity index (χ0) is 27.0. The first-order valence-corrected chi connectivity index (χ1v) is 14.0. The van der Waals surface area contributed by atoms with Crippen molar-refractivity contribution in [3.63, 3.8) is 0 Å². The van der Waals surface area contributed by atoms with Crippen molar-refractivity contribution in [3.8, 4) is 0 Å². The highest BCUT2D eigenvalue weighted by molar-refractivity contribution is 5.92. The summed E-state index contributed by atoms with van der Waals surface area (Å²) in [5.41, 5.74) is 13.8. The maximum atomic E-state index is 6.74. The van der Waals surface area contributed by atoms with Crippen molar-refractivity contribution < 1.29 is 4.74 Å². The molecule has 0 aromatic heterocycles. The standard InChI is InChI=1S/C23H29NO.2C4H10.C2H6/c1-5-16(4)22-20-13-9-8-12-19(20)21(25-15(2)3)14-17-10-6-7-11-18(17)23(22)24;1-4(2)3;1-3-4-2;1-2/h6-13,15-16,21H,5,14,24H2,1-4H3;4H,1-3H3;3-4H2,1-2H3;1-2H3/b23-22+;;;. The minimum absolute atomic E-state index is 0.0458. The predicted molar refractivity (Wildman–Crippen MR) is 158 cm³/mol. The van der Waals surface area contributed by atoms with Gasteiger partial charge < -0.3 is 10.5 Å². The molecule has 0 radical (unpaired) electrons. The Bertz CT molecular complexity index is 845. The van der Waals surface area contributed by atoms with Crippen LogP contribution < -0.4 is 5.73 Å². The second-order valence-electron chi connectivity index (χ2n) is 9.99. The van der Waals surface area contributed by atoms with Crippen LogP contribution in [0.4, 0.5) is 0 Å². The molecule has 0 saturated heterocycles. The highest BCUT2D eigenvalue weighted by Crippen LogP contribution is 2.40. The van der Waals surface area contributed by atoms with E-state index >= 15 is 0 Å². The van der Waals surface area contributed by atoms with Gasteiger partial charge in [-0.05, 0) is 54.4 Å². The lowest BCUT2D eigenvalue weighted by molar-refractivity contribution is 0.00660. The largest absolute Gasteiger partial charge is 0.398 e. The summed E-state index contributed by atoms with van der Waals surface area (Å²) in [7, 11) is 0. The summed E-state index contributed by atoms with van der Waals surface area (Å²) in [5.74, 6) is 1.23. The minimum atomic E-state index is 0.0458. The molecule has 3 rings (SSSR count). The van der Waals surface area contributed by atoms with Crippen molar-refractivity contribution in [2.45, 2.75) is 114 Å². The van der Waals surface area contributed by atoms with Crippen LogP contribution in [0.15, 0.2) is 48.5 Å². The Morgan fingerprint density at radius 1 is 0.800 bits per heavy atom. The molecule has 0 saturated carbocycles. The van der Waals surface area contributed by atoms with Gasteiger partial charge in [0.05, 0.1) is 12.2 Å². The zero-order valence-electron chi connectivity index (χ0n) is 24.7. The first kappa shape index (κ1) is 32.9. The second-order valence-corrected chi connectivity index (χ2v) is 9.99. The van der Waals surface area contributed by atoms with E-state index in [0.717, 1.165) is 30.0 Å². The van der Waals surface area contributed by atoms with Crippen LogP contribution in [-0.2, 0) is 11.2 Å². The van der Waals surface area contributed by atoms with Gasteiger partial charge in [-0.2, -0.15) is 0 Å². The van der Waals surface area contributed by atoms with Crippen molar-refractivity contribution in [2.75, 3.05) is 0 Å². The molecule has 35 heavy (non-hydrogen) atoms. The van der Waals surface area contributed by atoms with Crippen LogP contribution in [-0.4, -0.2) is 6.10 Å². The monoisotopic (exact) mass is 481 g/mol. The molecule has 2 aromatic carbocycles. The van der Waals surface area contributed by atoms with Crippen molar-refractivity contribution in [2.24, 2.45) is 17.6 Å². The molecule has 0 fully saturated rings. The number of hydrogen-bond acceptors (Lipinski definition) is 2. The molecule has 0 spiro atoms. The van der Waals surface area contributed by atoms with Crippen LogP contribution in [0.3, 0.4) is 0 Å². The van der Waals surface area contributed by atoms with Crippen molar-refractivity contribution in [3.05, 3.63) is 70.8 Å². The molecule has 2 unspecified atom stereocenters. The van der Waals surface area contributed by atoms with E-state index in [9.17, 15) is 0 Å². The van der Waals surface area contributed by atoms with E-state index in [4.69, 9.17) is 10.5 Å². The van der Waals surface area contributed by atoms with E-state index in [-0.39, 0.29) is 12.2 Å². The molecule has 0 heterocycles. The average molecular weight is 482 g/mol. The number of rotatable bonds is 5. The lowest BCUT2D eigenvalue weighted by Gasteiger charge is -2.30. The third kappa shape index (κ3) is 11.0. The molecule has 0 bridgehead atoms. The van der Waals surface area contributed by atoms with Crippen LogP contribution >= 0.6 is 0 Å². The lowest BCUT2D eigenvalue weighted by Crippen LogP contribution is -2.20. The predicted octanol–water partition coefficient (Wildman–Crippen LogP) is 10.1. The van der Waals surface area contributed by atoms with Gasteiger partial charge in [-0.1, -0.05) is 124 Å². The Hall–Kier alpha value is -2.06. The first-order valence-electron chi connectivity index (χ1n) is 14.0. The average Bonchev–Trinajstić information content (AvgIpc) is 2.84.